The van der Waals surface area contributed by atoms with Crippen molar-refractivity contribution in [2.75, 3.05) is 17.4 Å². The Morgan fingerprint density at radius 1 is 1.32 bits per heavy atom. The molecule has 3 aromatic rings. The maximum Gasteiger partial charge on any atom is 0.325 e. The Morgan fingerprint density at radius 2 is 2.13 bits per heavy atom. The first-order valence-corrected chi connectivity index (χ1v) is 10.7. The highest BCUT2D eigenvalue weighted by Crippen LogP contribution is 2.40. The van der Waals surface area contributed by atoms with Crippen LogP contribution in [-0.2, 0) is 4.79 Å². The molecule has 2 aliphatic heterocycles. The molecule has 0 aliphatic carbocycles. The Labute approximate surface area is 182 Å². The van der Waals surface area contributed by atoms with Crippen molar-refractivity contribution in [2.24, 2.45) is 0 Å². The van der Waals surface area contributed by atoms with Crippen LogP contribution in [-0.4, -0.2) is 28.5 Å². The lowest BCUT2D eigenvalue weighted by Crippen LogP contribution is -2.60. The van der Waals surface area contributed by atoms with Gasteiger partial charge in [0.1, 0.15) is 0 Å². The van der Waals surface area contributed by atoms with Crippen LogP contribution < -0.4 is 24.6 Å². The SMILES string of the molecule is C=CCSc1n[n+]2c(c(=O)[nH]1)-c1ccccc1N(C(C)=O)[C@@H]2c1ccc2c(c1)OCO2. The van der Waals surface area contributed by atoms with E-state index in [4.69, 9.17) is 14.6 Å². The Hall–Kier alpha value is -3.59. The average molecular weight is 435 g/mol. The smallest absolute Gasteiger partial charge is 0.325 e. The minimum atomic E-state index is -0.665. The summed E-state index contributed by atoms with van der Waals surface area (Å²) in [6.45, 7) is 5.37. The van der Waals surface area contributed by atoms with Crippen molar-refractivity contribution in [1.29, 1.82) is 0 Å². The fourth-order valence-corrected chi connectivity index (χ4v) is 4.48. The molecule has 156 valence electrons. The Morgan fingerprint density at radius 3 is 2.94 bits per heavy atom. The molecule has 9 heteroatoms. The number of amides is 1. The summed E-state index contributed by atoms with van der Waals surface area (Å²) in [5, 5.41) is 5.15. The first-order chi connectivity index (χ1) is 15.1. The number of hydrogen-bond donors (Lipinski definition) is 1. The van der Waals surface area contributed by atoms with Gasteiger partial charge in [0.25, 0.3) is 6.17 Å². The van der Waals surface area contributed by atoms with Crippen LogP contribution in [0.4, 0.5) is 5.69 Å². The van der Waals surface area contributed by atoms with Gasteiger partial charge in [-0.1, -0.05) is 30.0 Å². The van der Waals surface area contributed by atoms with E-state index < -0.39 is 6.17 Å². The van der Waals surface area contributed by atoms with Gasteiger partial charge >= 0.3 is 11.3 Å². The van der Waals surface area contributed by atoms with Crippen LogP contribution in [0.25, 0.3) is 11.3 Å². The van der Waals surface area contributed by atoms with Crippen molar-refractivity contribution in [3.8, 4) is 22.8 Å². The normalized spacial score (nSPS) is 15.9. The van der Waals surface area contributed by atoms with Gasteiger partial charge in [0.05, 0.1) is 11.3 Å². The van der Waals surface area contributed by atoms with Crippen LogP contribution in [0.1, 0.15) is 18.7 Å². The molecule has 1 atom stereocenters. The summed E-state index contributed by atoms with van der Waals surface area (Å²) in [5.41, 5.74) is 2.15. The van der Waals surface area contributed by atoms with Crippen LogP contribution in [0.2, 0.25) is 0 Å². The molecule has 0 saturated heterocycles. The van der Waals surface area contributed by atoms with Gasteiger partial charge in [0.15, 0.2) is 11.5 Å². The number of anilines is 1. The summed E-state index contributed by atoms with van der Waals surface area (Å²) < 4.78 is 12.6. The molecule has 1 amide bonds. The Kier molecular flexibility index (Phi) is 4.74. The molecule has 5 rings (SSSR count). The molecular formula is C22H19N4O4S+. The summed E-state index contributed by atoms with van der Waals surface area (Å²) in [5.74, 6) is 1.65. The number of ether oxygens (including phenoxy) is 2. The van der Waals surface area contributed by atoms with Crippen molar-refractivity contribution in [3.63, 3.8) is 0 Å². The van der Waals surface area contributed by atoms with Gasteiger partial charge in [0.2, 0.25) is 17.9 Å². The maximum absolute atomic E-state index is 13.1. The fourth-order valence-electron chi connectivity index (χ4n) is 3.89. The maximum atomic E-state index is 13.1. The first kappa shape index (κ1) is 19.4. The number of rotatable bonds is 4. The molecule has 3 heterocycles. The lowest BCUT2D eigenvalue weighted by Gasteiger charge is -2.31. The van der Waals surface area contributed by atoms with Gasteiger partial charge < -0.3 is 9.47 Å². The highest BCUT2D eigenvalue weighted by atomic mass is 32.2. The molecule has 0 spiro atoms. The van der Waals surface area contributed by atoms with Crippen molar-refractivity contribution in [2.45, 2.75) is 18.2 Å². The van der Waals surface area contributed by atoms with E-state index in [9.17, 15) is 9.59 Å². The minimum absolute atomic E-state index is 0.146. The third kappa shape index (κ3) is 3.17. The van der Waals surface area contributed by atoms with E-state index in [1.54, 1.807) is 21.7 Å². The highest BCUT2D eigenvalue weighted by Gasteiger charge is 2.45. The van der Waals surface area contributed by atoms with E-state index in [0.29, 0.717) is 39.4 Å². The van der Waals surface area contributed by atoms with Gasteiger partial charge in [-0.25, -0.2) is 4.90 Å². The van der Waals surface area contributed by atoms with Gasteiger partial charge in [-0.2, -0.15) is 0 Å². The van der Waals surface area contributed by atoms with Crippen molar-refractivity contribution in [1.82, 2.24) is 10.1 Å². The average Bonchev–Trinajstić information content (AvgIpc) is 3.24. The number of aromatic nitrogens is 3. The summed E-state index contributed by atoms with van der Waals surface area (Å²) in [6, 6.07) is 12.8. The third-order valence-electron chi connectivity index (χ3n) is 5.13. The largest absolute Gasteiger partial charge is 0.454 e. The van der Waals surface area contributed by atoms with Gasteiger partial charge in [-0.05, 0) is 35.0 Å². The number of fused-ring (bicyclic) bond motifs is 4. The summed E-state index contributed by atoms with van der Waals surface area (Å²) >= 11 is 1.36. The summed E-state index contributed by atoms with van der Waals surface area (Å²) in [6.07, 6.45) is 1.07. The van der Waals surface area contributed by atoms with Crippen LogP contribution >= 0.6 is 11.8 Å². The highest BCUT2D eigenvalue weighted by molar-refractivity contribution is 7.99. The number of hydrogen-bond acceptors (Lipinski definition) is 6. The quantitative estimate of drug-likeness (QED) is 0.385. The van der Waals surface area contributed by atoms with Gasteiger partial charge in [0, 0.05) is 23.3 Å². The van der Waals surface area contributed by atoms with Crippen LogP contribution in [0, 0.1) is 0 Å². The number of nitrogens with zero attached hydrogens (tertiary/aromatic N) is 3. The van der Waals surface area contributed by atoms with E-state index in [2.05, 4.69) is 11.6 Å². The zero-order chi connectivity index (χ0) is 21.5. The Bertz CT molecular complexity index is 1270. The fraction of sp³-hybridized carbons (Fsp3) is 0.182. The number of thioether (sulfide) groups is 1. The number of carbonyl (C=O) groups is 1. The molecule has 0 radical (unpaired) electrons. The number of para-hydroxylation sites is 1. The number of nitrogens with one attached hydrogen (secondary N) is 1. The van der Waals surface area contributed by atoms with Gasteiger partial charge in [-0.3, -0.25) is 14.6 Å². The molecule has 8 nitrogen and oxygen atoms in total. The molecule has 0 saturated carbocycles. The third-order valence-corrected chi connectivity index (χ3v) is 5.99. The number of aromatic amines is 1. The van der Waals surface area contributed by atoms with Crippen molar-refractivity contribution >= 4 is 23.4 Å². The predicted octanol–water partition coefficient (Wildman–Crippen LogP) is 2.64. The second-order valence-electron chi connectivity index (χ2n) is 7.04. The van der Waals surface area contributed by atoms with Crippen LogP contribution in [0.3, 0.4) is 0 Å². The molecule has 1 N–H and O–H groups in total. The zero-order valence-electron chi connectivity index (χ0n) is 16.7. The predicted molar refractivity (Wildman–Crippen MR) is 115 cm³/mol. The van der Waals surface area contributed by atoms with Crippen molar-refractivity contribution < 1.29 is 19.0 Å². The summed E-state index contributed by atoms with van der Waals surface area (Å²) in [4.78, 5) is 30.5. The Balaban J connectivity index is 1.78. The lowest BCUT2D eigenvalue weighted by atomic mass is 10.0. The molecule has 2 aromatic carbocycles. The van der Waals surface area contributed by atoms with E-state index in [-0.39, 0.29) is 18.3 Å². The second kappa shape index (κ2) is 7.59. The molecule has 31 heavy (non-hydrogen) atoms. The van der Waals surface area contributed by atoms with E-state index >= 15 is 0 Å². The minimum Gasteiger partial charge on any atom is -0.454 e. The number of carbonyl (C=O) groups excluding carboxylic acids is 1. The van der Waals surface area contributed by atoms with Crippen molar-refractivity contribution in [3.05, 3.63) is 71.0 Å². The number of H-pyrrole nitrogens is 1. The molecule has 2 aliphatic rings. The molecule has 1 aromatic heterocycles. The second-order valence-corrected chi connectivity index (χ2v) is 8.05. The lowest BCUT2D eigenvalue weighted by molar-refractivity contribution is -0.763. The van der Waals surface area contributed by atoms with Gasteiger partial charge in [-0.15, -0.1) is 6.58 Å². The summed E-state index contributed by atoms with van der Waals surface area (Å²) in [7, 11) is 0. The van der Waals surface area contributed by atoms with E-state index in [1.165, 1.54) is 18.7 Å². The van der Waals surface area contributed by atoms with Crippen LogP contribution in [0.5, 0.6) is 11.5 Å². The molecule has 0 bridgehead atoms. The molecule has 0 fully saturated rings. The first-order valence-electron chi connectivity index (χ1n) is 9.67. The number of benzene rings is 2. The van der Waals surface area contributed by atoms with E-state index in [0.717, 1.165) is 5.56 Å². The van der Waals surface area contributed by atoms with E-state index in [1.807, 2.05) is 36.4 Å². The monoisotopic (exact) mass is 435 g/mol. The zero-order valence-corrected chi connectivity index (χ0v) is 17.5. The molecular weight excluding hydrogens is 416 g/mol. The molecule has 0 unspecified atom stereocenters. The van der Waals surface area contributed by atoms with Crippen LogP contribution in [0.15, 0.2) is 65.1 Å². The topological polar surface area (TPSA) is 88.4 Å². The standard InChI is InChI=1S/C22H18N4O4S/c1-3-10-31-22-23-20(28)19-15-6-4-5-7-16(15)25(13(2)27)21(26(19)24-22)14-8-9-17-18(11-14)30-12-29-17/h3-9,11,21H,1,10,12H2,2H3/p+1/t21-/m0/s1.